The highest BCUT2D eigenvalue weighted by molar-refractivity contribution is 7.90. The number of amides is 1. The maximum atomic E-state index is 13.2. The van der Waals surface area contributed by atoms with Crippen molar-refractivity contribution in [1.82, 2.24) is 9.88 Å². The van der Waals surface area contributed by atoms with Gasteiger partial charge in [-0.1, -0.05) is 35.1 Å². The SMILES string of the molecule is Cc1ccc(CC(=O)N(CCN(C)C)c2nc3ccc(S(C)(=O)=O)cc3s2)c(C)c1. The molecule has 0 unspecified atom stereocenters. The van der Waals surface area contributed by atoms with Gasteiger partial charge in [0, 0.05) is 19.3 Å². The Labute approximate surface area is 182 Å². The second-order valence-electron chi connectivity index (χ2n) is 7.85. The van der Waals surface area contributed by atoms with Gasteiger partial charge in [0.25, 0.3) is 0 Å². The molecule has 2 aromatic carbocycles. The molecule has 6 nitrogen and oxygen atoms in total. The van der Waals surface area contributed by atoms with Crippen molar-refractivity contribution in [3.05, 3.63) is 53.1 Å². The standard InChI is InChI=1S/C22H27N3O3S2/c1-15-6-7-17(16(2)12-15)13-21(26)25(11-10-24(3)4)22-23-19-9-8-18(30(5,27)28)14-20(19)29-22/h6-9,12,14H,10-11,13H2,1-5H3. The van der Waals surface area contributed by atoms with Gasteiger partial charge in [0.15, 0.2) is 15.0 Å². The molecule has 0 aliphatic heterocycles. The monoisotopic (exact) mass is 445 g/mol. The molecule has 0 fully saturated rings. The van der Waals surface area contributed by atoms with E-state index in [4.69, 9.17) is 0 Å². The van der Waals surface area contributed by atoms with Crippen molar-refractivity contribution < 1.29 is 13.2 Å². The largest absolute Gasteiger partial charge is 0.308 e. The van der Waals surface area contributed by atoms with Crippen LogP contribution in [0.25, 0.3) is 10.2 Å². The Morgan fingerprint density at radius 1 is 1.07 bits per heavy atom. The highest BCUT2D eigenvalue weighted by Gasteiger charge is 2.21. The van der Waals surface area contributed by atoms with E-state index in [-0.39, 0.29) is 10.8 Å². The number of rotatable bonds is 7. The molecule has 0 saturated heterocycles. The first-order valence-electron chi connectivity index (χ1n) is 9.66. The third kappa shape index (κ3) is 5.24. The smallest absolute Gasteiger partial charge is 0.233 e. The molecule has 0 saturated carbocycles. The zero-order valence-corrected chi connectivity index (χ0v) is 19.6. The van der Waals surface area contributed by atoms with Crippen LogP contribution in [0.4, 0.5) is 5.13 Å². The summed E-state index contributed by atoms with van der Waals surface area (Å²) in [7, 11) is 0.623. The Balaban J connectivity index is 1.95. The molecule has 8 heteroatoms. The van der Waals surface area contributed by atoms with E-state index < -0.39 is 9.84 Å². The maximum absolute atomic E-state index is 13.2. The van der Waals surface area contributed by atoms with Crippen LogP contribution in [0, 0.1) is 13.8 Å². The van der Waals surface area contributed by atoms with Crippen LogP contribution in [0.5, 0.6) is 0 Å². The molecule has 0 N–H and O–H groups in total. The molecule has 1 aromatic heterocycles. The number of benzene rings is 2. The fourth-order valence-corrected chi connectivity index (χ4v) is 4.94. The van der Waals surface area contributed by atoms with Crippen LogP contribution < -0.4 is 4.90 Å². The molecule has 30 heavy (non-hydrogen) atoms. The van der Waals surface area contributed by atoms with Crippen molar-refractivity contribution in [2.75, 3.05) is 38.3 Å². The van der Waals surface area contributed by atoms with E-state index in [1.807, 2.05) is 45.0 Å². The number of aromatic nitrogens is 1. The van der Waals surface area contributed by atoms with Crippen molar-refractivity contribution in [3.8, 4) is 0 Å². The zero-order valence-electron chi connectivity index (χ0n) is 18.0. The number of nitrogens with zero attached hydrogens (tertiary/aromatic N) is 3. The average molecular weight is 446 g/mol. The van der Waals surface area contributed by atoms with Gasteiger partial charge in [-0.05, 0) is 57.3 Å². The molecule has 1 amide bonds. The number of hydrogen-bond donors (Lipinski definition) is 0. The quantitative estimate of drug-likeness (QED) is 0.557. The molecule has 0 aliphatic carbocycles. The van der Waals surface area contributed by atoms with E-state index in [2.05, 4.69) is 11.1 Å². The number of sulfone groups is 1. The number of carbonyl (C=O) groups excluding carboxylic acids is 1. The summed E-state index contributed by atoms with van der Waals surface area (Å²) in [6.45, 7) is 5.26. The van der Waals surface area contributed by atoms with Crippen molar-refractivity contribution in [2.24, 2.45) is 0 Å². The van der Waals surface area contributed by atoms with Gasteiger partial charge < -0.3 is 4.90 Å². The van der Waals surface area contributed by atoms with E-state index >= 15 is 0 Å². The topological polar surface area (TPSA) is 70.6 Å². The third-order valence-electron chi connectivity index (χ3n) is 4.92. The first kappa shape index (κ1) is 22.4. The number of carbonyl (C=O) groups is 1. The van der Waals surface area contributed by atoms with Gasteiger partial charge in [-0.25, -0.2) is 13.4 Å². The maximum Gasteiger partial charge on any atom is 0.233 e. The van der Waals surface area contributed by atoms with Crippen molar-refractivity contribution >= 4 is 42.4 Å². The van der Waals surface area contributed by atoms with Crippen LogP contribution in [0.15, 0.2) is 41.3 Å². The molecule has 0 radical (unpaired) electrons. The Morgan fingerprint density at radius 3 is 2.43 bits per heavy atom. The van der Waals surface area contributed by atoms with Crippen molar-refractivity contribution in [2.45, 2.75) is 25.2 Å². The molecule has 0 atom stereocenters. The Bertz CT molecular complexity index is 1180. The van der Waals surface area contributed by atoms with E-state index in [1.165, 1.54) is 23.2 Å². The lowest BCUT2D eigenvalue weighted by Gasteiger charge is -2.22. The third-order valence-corrected chi connectivity index (χ3v) is 7.07. The molecule has 160 valence electrons. The second-order valence-corrected chi connectivity index (χ2v) is 10.9. The molecular weight excluding hydrogens is 418 g/mol. The Morgan fingerprint density at radius 2 is 1.80 bits per heavy atom. The van der Waals surface area contributed by atoms with E-state index in [0.29, 0.717) is 30.2 Å². The fourth-order valence-electron chi connectivity index (χ4n) is 3.17. The summed E-state index contributed by atoms with van der Waals surface area (Å²) in [6, 6.07) is 11.0. The Hall–Kier alpha value is -2.29. The van der Waals surface area contributed by atoms with Gasteiger partial charge in [0.1, 0.15) is 0 Å². The summed E-state index contributed by atoms with van der Waals surface area (Å²) < 4.78 is 24.5. The molecule has 1 heterocycles. The molecule has 3 aromatic rings. The van der Waals surface area contributed by atoms with Crippen LogP contribution in [0.3, 0.4) is 0 Å². The number of fused-ring (bicyclic) bond motifs is 1. The van der Waals surface area contributed by atoms with Crippen LogP contribution >= 0.6 is 11.3 Å². The van der Waals surface area contributed by atoms with Gasteiger partial charge in [-0.3, -0.25) is 9.69 Å². The van der Waals surface area contributed by atoms with E-state index in [1.54, 1.807) is 23.1 Å². The lowest BCUT2D eigenvalue weighted by Crippen LogP contribution is -2.37. The summed E-state index contributed by atoms with van der Waals surface area (Å²) in [4.78, 5) is 21.9. The van der Waals surface area contributed by atoms with Crippen LogP contribution in [-0.4, -0.2) is 57.6 Å². The van der Waals surface area contributed by atoms with Crippen molar-refractivity contribution in [1.29, 1.82) is 0 Å². The summed E-state index contributed by atoms with van der Waals surface area (Å²) >= 11 is 1.34. The van der Waals surface area contributed by atoms with Crippen LogP contribution in [0.1, 0.15) is 16.7 Å². The molecule has 0 bridgehead atoms. The minimum absolute atomic E-state index is 0.0220. The second kappa shape index (κ2) is 8.83. The number of likely N-dealkylation sites (N-methyl/N-ethyl adjacent to an activating group) is 1. The number of aryl methyl sites for hydroxylation is 2. The first-order chi connectivity index (χ1) is 14.0. The van der Waals surface area contributed by atoms with Crippen molar-refractivity contribution in [3.63, 3.8) is 0 Å². The lowest BCUT2D eigenvalue weighted by atomic mass is 10.0. The summed E-state index contributed by atoms with van der Waals surface area (Å²) in [6.07, 6.45) is 1.48. The van der Waals surface area contributed by atoms with Crippen LogP contribution in [0.2, 0.25) is 0 Å². The molecular formula is C22H27N3O3S2. The molecule has 3 rings (SSSR count). The van der Waals surface area contributed by atoms with Crippen LogP contribution in [-0.2, 0) is 21.1 Å². The predicted octanol–water partition coefficient (Wildman–Crippen LogP) is 3.45. The van der Waals surface area contributed by atoms with E-state index in [9.17, 15) is 13.2 Å². The summed E-state index contributed by atoms with van der Waals surface area (Å²) in [5, 5.41) is 0.590. The normalized spacial score (nSPS) is 11.9. The predicted molar refractivity (Wildman–Crippen MR) is 123 cm³/mol. The fraction of sp³-hybridized carbons (Fsp3) is 0.364. The number of thiazole rings is 1. The highest BCUT2D eigenvalue weighted by atomic mass is 32.2. The summed E-state index contributed by atoms with van der Waals surface area (Å²) in [5.41, 5.74) is 3.96. The van der Waals surface area contributed by atoms with Gasteiger partial charge in [0.05, 0.1) is 21.5 Å². The average Bonchev–Trinajstić information content (AvgIpc) is 3.06. The van der Waals surface area contributed by atoms with Gasteiger partial charge in [0.2, 0.25) is 5.91 Å². The number of hydrogen-bond acceptors (Lipinski definition) is 6. The highest BCUT2D eigenvalue weighted by Crippen LogP contribution is 2.31. The Kier molecular flexibility index (Phi) is 6.59. The minimum atomic E-state index is -3.30. The lowest BCUT2D eigenvalue weighted by molar-refractivity contribution is -0.118. The minimum Gasteiger partial charge on any atom is -0.308 e. The molecule has 0 spiro atoms. The van der Waals surface area contributed by atoms with Gasteiger partial charge >= 0.3 is 0 Å². The summed E-state index contributed by atoms with van der Waals surface area (Å²) in [5.74, 6) is -0.0220. The molecule has 0 aliphatic rings. The van der Waals surface area contributed by atoms with Gasteiger partial charge in [-0.2, -0.15) is 0 Å². The van der Waals surface area contributed by atoms with Gasteiger partial charge in [-0.15, -0.1) is 0 Å². The van der Waals surface area contributed by atoms with E-state index in [0.717, 1.165) is 15.8 Å². The first-order valence-corrected chi connectivity index (χ1v) is 12.4. The zero-order chi connectivity index (χ0) is 22.1. The number of anilines is 1.